The maximum Gasteiger partial charge on any atom is 0.187 e. The third kappa shape index (κ3) is 2.41. The Balaban J connectivity index is 1.66. The van der Waals surface area contributed by atoms with Crippen molar-refractivity contribution in [3.05, 3.63) is 33.2 Å². The summed E-state index contributed by atoms with van der Waals surface area (Å²) in [6, 6.07) is 0. The topological polar surface area (TPSA) is 65.6 Å². The van der Waals surface area contributed by atoms with E-state index in [-0.39, 0.29) is 23.1 Å². The number of aryl methyl sites for hydroxylation is 1. The van der Waals surface area contributed by atoms with E-state index < -0.39 is 0 Å². The van der Waals surface area contributed by atoms with Crippen LogP contribution in [-0.4, -0.2) is 47.4 Å². The van der Waals surface area contributed by atoms with Gasteiger partial charge < -0.3 is 14.8 Å². The third-order valence-electron chi connectivity index (χ3n) is 5.81. The number of ether oxygens (including phenoxy) is 1. The molecule has 1 aromatic rings. The van der Waals surface area contributed by atoms with Gasteiger partial charge in [0.05, 0.1) is 12.2 Å². The molecule has 1 spiro atoms. The van der Waals surface area contributed by atoms with E-state index in [1.807, 2.05) is 13.8 Å². The second-order valence-electron chi connectivity index (χ2n) is 6.89. The van der Waals surface area contributed by atoms with Gasteiger partial charge in [0.2, 0.25) is 0 Å². The molecule has 0 unspecified atom stereocenters. The summed E-state index contributed by atoms with van der Waals surface area (Å²) in [6.07, 6.45) is 4.46. The summed E-state index contributed by atoms with van der Waals surface area (Å²) in [5.41, 5.74) is 2.68. The molecule has 1 saturated carbocycles. The first-order valence-electron chi connectivity index (χ1n) is 8.09. The summed E-state index contributed by atoms with van der Waals surface area (Å²) in [5, 5.41) is 10.2. The second-order valence-corrected chi connectivity index (χ2v) is 6.89. The van der Waals surface area contributed by atoms with E-state index in [1.54, 1.807) is 13.3 Å². The SMILES string of the molecule is CO[C@H]1C[C@@H](O)C12CCN(Cc1[nH]cc(C)c(=O)c1C)CC2. The first-order chi connectivity index (χ1) is 10.5. The molecule has 22 heavy (non-hydrogen) atoms. The van der Waals surface area contributed by atoms with Gasteiger partial charge in [-0.1, -0.05) is 0 Å². The van der Waals surface area contributed by atoms with Gasteiger partial charge in [0.25, 0.3) is 0 Å². The zero-order chi connectivity index (χ0) is 15.9. The minimum Gasteiger partial charge on any atom is -0.392 e. The fraction of sp³-hybridized carbons (Fsp3) is 0.706. The Labute approximate surface area is 131 Å². The van der Waals surface area contributed by atoms with Crippen molar-refractivity contribution in [2.45, 2.75) is 51.9 Å². The molecule has 0 aromatic carbocycles. The molecule has 1 aliphatic carbocycles. The van der Waals surface area contributed by atoms with Crippen LogP contribution in [0, 0.1) is 19.3 Å². The van der Waals surface area contributed by atoms with E-state index in [0.29, 0.717) is 0 Å². The molecule has 1 aromatic heterocycles. The van der Waals surface area contributed by atoms with Crippen LogP contribution in [0.15, 0.2) is 11.0 Å². The highest BCUT2D eigenvalue weighted by Crippen LogP contribution is 2.50. The van der Waals surface area contributed by atoms with Crippen LogP contribution >= 0.6 is 0 Å². The van der Waals surface area contributed by atoms with Crippen molar-refractivity contribution in [2.75, 3.05) is 20.2 Å². The Kier molecular flexibility index (Phi) is 4.14. The summed E-state index contributed by atoms with van der Waals surface area (Å²) in [5.74, 6) is 0. The molecule has 2 N–H and O–H groups in total. The Bertz CT molecular complexity index is 602. The monoisotopic (exact) mass is 306 g/mol. The fourth-order valence-corrected chi connectivity index (χ4v) is 4.03. The number of piperidine rings is 1. The minimum absolute atomic E-state index is 0.0407. The maximum atomic E-state index is 12.0. The lowest BCUT2D eigenvalue weighted by Gasteiger charge is -2.56. The number of methoxy groups -OCH3 is 1. The highest BCUT2D eigenvalue weighted by Gasteiger charge is 2.55. The normalized spacial score (nSPS) is 27.8. The van der Waals surface area contributed by atoms with Crippen LogP contribution in [0.4, 0.5) is 0 Å². The largest absolute Gasteiger partial charge is 0.392 e. The number of rotatable bonds is 3. The third-order valence-corrected chi connectivity index (χ3v) is 5.81. The zero-order valence-corrected chi connectivity index (χ0v) is 13.7. The van der Waals surface area contributed by atoms with Crippen molar-refractivity contribution in [2.24, 2.45) is 5.41 Å². The number of aromatic amines is 1. The van der Waals surface area contributed by atoms with Crippen LogP contribution < -0.4 is 5.43 Å². The summed E-state index contributed by atoms with van der Waals surface area (Å²) >= 11 is 0. The number of nitrogens with zero attached hydrogens (tertiary/aromatic N) is 1. The van der Waals surface area contributed by atoms with Gasteiger partial charge in [0, 0.05) is 48.5 Å². The minimum atomic E-state index is -0.222. The van der Waals surface area contributed by atoms with E-state index >= 15 is 0 Å². The van der Waals surface area contributed by atoms with Crippen LogP contribution in [0.1, 0.15) is 36.1 Å². The number of aliphatic hydroxyl groups excluding tert-OH is 1. The molecule has 0 radical (unpaired) electrons. The maximum absolute atomic E-state index is 12.0. The Morgan fingerprint density at radius 3 is 2.68 bits per heavy atom. The van der Waals surface area contributed by atoms with E-state index in [0.717, 1.165) is 55.7 Å². The van der Waals surface area contributed by atoms with Crippen LogP contribution in [0.25, 0.3) is 0 Å². The number of hydrogen-bond acceptors (Lipinski definition) is 4. The molecule has 3 rings (SSSR count). The molecule has 2 heterocycles. The zero-order valence-electron chi connectivity index (χ0n) is 13.7. The number of aromatic nitrogens is 1. The van der Waals surface area contributed by atoms with Gasteiger partial charge >= 0.3 is 0 Å². The number of H-pyrrole nitrogens is 1. The van der Waals surface area contributed by atoms with Gasteiger partial charge in [-0.15, -0.1) is 0 Å². The van der Waals surface area contributed by atoms with Gasteiger partial charge in [0.15, 0.2) is 5.43 Å². The van der Waals surface area contributed by atoms with Crippen LogP contribution in [0.2, 0.25) is 0 Å². The van der Waals surface area contributed by atoms with Gasteiger partial charge in [0.1, 0.15) is 0 Å². The average molecular weight is 306 g/mol. The highest BCUT2D eigenvalue weighted by atomic mass is 16.5. The molecule has 5 nitrogen and oxygen atoms in total. The summed E-state index contributed by atoms with van der Waals surface area (Å²) in [4.78, 5) is 17.6. The van der Waals surface area contributed by atoms with Crippen molar-refractivity contribution in [1.29, 1.82) is 0 Å². The summed E-state index contributed by atoms with van der Waals surface area (Å²) < 4.78 is 5.53. The van der Waals surface area contributed by atoms with Crippen LogP contribution in [-0.2, 0) is 11.3 Å². The fourth-order valence-electron chi connectivity index (χ4n) is 4.03. The molecule has 2 atom stereocenters. The average Bonchev–Trinajstić information content (AvgIpc) is 2.53. The molecule has 122 valence electrons. The van der Waals surface area contributed by atoms with Gasteiger partial charge in [-0.05, 0) is 39.8 Å². The first-order valence-corrected chi connectivity index (χ1v) is 8.09. The predicted octanol–water partition coefficient (Wildman–Crippen LogP) is 1.35. The number of nitrogens with one attached hydrogen (secondary N) is 1. The van der Waals surface area contributed by atoms with Crippen molar-refractivity contribution in [1.82, 2.24) is 9.88 Å². The predicted molar refractivity (Wildman–Crippen MR) is 84.9 cm³/mol. The van der Waals surface area contributed by atoms with Crippen molar-refractivity contribution in [3.63, 3.8) is 0 Å². The van der Waals surface area contributed by atoms with Crippen LogP contribution in [0.3, 0.4) is 0 Å². The number of hydrogen-bond donors (Lipinski definition) is 2. The van der Waals surface area contributed by atoms with Crippen molar-refractivity contribution < 1.29 is 9.84 Å². The Morgan fingerprint density at radius 1 is 1.41 bits per heavy atom. The Hall–Kier alpha value is -1.17. The lowest BCUT2D eigenvalue weighted by Crippen LogP contribution is -2.62. The molecule has 1 saturated heterocycles. The molecule has 0 amide bonds. The standard InChI is InChI=1S/C17H26N2O3/c1-11-9-18-13(12(2)16(11)21)10-19-6-4-17(5-7-19)14(20)8-15(17)22-3/h9,14-15,20H,4-8,10H2,1-3H3,(H,18,21)/t14-,15+/m1/s1. The molecular weight excluding hydrogens is 280 g/mol. The molecule has 2 aliphatic rings. The number of pyridine rings is 1. The molecule has 1 aliphatic heterocycles. The lowest BCUT2D eigenvalue weighted by molar-refractivity contribution is -0.201. The van der Waals surface area contributed by atoms with Crippen molar-refractivity contribution in [3.8, 4) is 0 Å². The summed E-state index contributed by atoms with van der Waals surface area (Å²) in [6.45, 7) is 6.37. The van der Waals surface area contributed by atoms with E-state index in [1.165, 1.54) is 0 Å². The smallest absolute Gasteiger partial charge is 0.187 e. The molecular formula is C17H26N2O3. The first kappa shape index (κ1) is 15.7. The van der Waals surface area contributed by atoms with Gasteiger partial charge in [-0.25, -0.2) is 0 Å². The van der Waals surface area contributed by atoms with E-state index in [9.17, 15) is 9.90 Å². The van der Waals surface area contributed by atoms with Gasteiger partial charge in [-0.3, -0.25) is 9.69 Å². The van der Waals surface area contributed by atoms with E-state index in [2.05, 4.69) is 9.88 Å². The van der Waals surface area contributed by atoms with Gasteiger partial charge in [-0.2, -0.15) is 0 Å². The van der Waals surface area contributed by atoms with Crippen molar-refractivity contribution >= 4 is 0 Å². The highest BCUT2D eigenvalue weighted by molar-refractivity contribution is 5.23. The Morgan fingerprint density at radius 2 is 2.09 bits per heavy atom. The summed E-state index contributed by atoms with van der Waals surface area (Å²) in [7, 11) is 1.74. The lowest BCUT2D eigenvalue weighted by atomic mass is 9.58. The second kappa shape index (κ2) is 5.80. The number of aliphatic hydroxyl groups is 1. The molecule has 2 fully saturated rings. The van der Waals surface area contributed by atoms with E-state index in [4.69, 9.17) is 4.74 Å². The molecule has 0 bridgehead atoms. The molecule has 5 heteroatoms. The van der Waals surface area contributed by atoms with Crippen LogP contribution in [0.5, 0.6) is 0 Å². The number of likely N-dealkylation sites (tertiary alicyclic amines) is 1. The quantitative estimate of drug-likeness (QED) is 0.885.